The molecule has 2 unspecified atom stereocenters. The second-order valence-electron chi connectivity index (χ2n) is 5.55. The van der Waals surface area contributed by atoms with Gasteiger partial charge in [-0.15, -0.1) is 0 Å². The van der Waals surface area contributed by atoms with Crippen molar-refractivity contribution in [2.75, 3.05) is 27.0 Å². The first-order valence-corrected chi connectivity index (χ1v) is 7.37. The number of fused-ring (bicyclic) bond motifs is 1. The minimum absolute atomic E-state index is 0.120. The Morgan fingerprint density at radius 1 is 1.26 bits per heavy atom. The molecule has 0 fully saturated rings. The fraction of sp³-hybridized carbons (Fsp3) is 0.500. The zero-order chi connectivity index (χ0) is 17.0. The van der Waals surface area contributed by atoms with Gasteiger partial charge in [-0.25, -0.2) is 0 Å². The molecule has 2 atom stereocenters. The van der Waals surface area contributed by atoms with E-state index in [2.05, 4.69) is 4.74 Å². The van der Waals surface area contributed by atoms with Gasteiger partial charge in [0.15, 0.2) is 11.5 Å². The maximum Gasteiger partial charge on any atom is 0.310 e. The highest BCUT2D eigenvalue weighted by molar-refractivity contribution is 5.95. The Bertz CT molecular complexity index is 586. The quantitative estimate of drug-likeness (QED) is 0.788. The van der Waals surface area contributed by atoms with Gasteiger partial charge in [-0.3, -0.25) is 9.59 Å². The number of ether oxygens (including phenoxy) is 3. The number of hydrogen-bond acceptors (Lipinski definition) is 6. The van der Waals surface area contributed by atoms with Crippen molar-refractivity contribution in [3.8, 4) is 11.5 Å². The molecule has 0 saturated heterocycles. The summed E-state index contributed by atoms with van der Waals surface area (Å²) in [6.07, 6.45) is -0.710. The summed E-state index contributed by atoms with van der Waals surface area (Å²) in [6, 6.07) is 4.90. The standard InChI is InChI=1S/C16H21NO6/c1-10(16(20)21-3)7-17(8-11(2)18)15(19)12-4-5-13-14(6-12)23-9-22-13/h4-6,10-11,18H,7-9H2,1-3H3. The lowest BCUT2D eigenvalue weighted by atomic mass is 10.1. The highest BCUT2D eigenvalue weighted by Crippen LogP contribution is 2.32. The minimum Gasteiger partial charge on any atom is -0.469 e. The number of esters is 1. The lowest BCUT2D eigenvalue weighted by Crippen LogP contribution is -2.41. The third-order valence-electron chi connectivity index (χ3n) is 3.49. The van der Waals surface area contributed by atoms with Crippen LogP contribution >= 0.6 is 0 Å². The Morgan fingerprint density at radius 3 is 2.61 bits per heavy atom. The van der Waals surface area contributed by atoms with Crippen LogP contribution in [0.4, 0.5) is 0 Å². The van der Waals surface area contributed by atoms with Crippen molar-refractivity contribution in [2.24, 2.45) is 5.92 Å². The van der Waals surface area contributed by atoms with Crippen LogP contribution in [-0.4, -0.2) is 55.0 Å². The monoisotopic (exact) mass is 323 g/mol. The number of hydrogen-bond donors (Lipinski definition) is 1. The average Bonchev–Trinajstić information content (AvgIpc) is 2.99. The van der Waals surface area contributed by atoms with Crippen LogP contribution in [-0.2, 0) is 9.53 Å². The number of aliphatic hydroxyl groups excluding tert-OH is 1. The van der Waals surface area contributed by atoms with Crippen LogP contribution in [0.15, 0.2) is 18.2 Å². The third kappa shape index (κ3) is 4.13. The molecule has 7 nitrogen and oxygen atoms in total. The molecule has 0 aromatic heterocycles. The molecule has 1 N–H and O–H groups in total. The molecule has 23 heavy (non-hydrogen) atoms. The Labute approximate surface area is 134 Å². The molecular weight excluding hydrogens is 302 g/mol. The zero-order valence-electron chi connectivity index (χ0n) is 13.4. The molecule has 1 heterocycles. The molecule has 0 saturated carbocycles. The Balaban J connectivity index is 2.17. The summed E-state index contributed by atoms with van der Waals surface area (Å²) >= 11 is 0. The van der Waals surface area contributed by atoms with Crippen molar-refractivity contribution < 1.29 is 28.9 Å². The Hall–Kier alpha value is -2.28. The average molecular weight is 323 g/mol. The first-order chi connectivity index (χ1) is 10.9. The fourth-order valence-corrected chi connectivity index (χ4v) is 2.38. The molecule has 1 aromatic carbocycles. The fourth-order valence-electron chi connectivity index (χ4n) is 2.38. The van der Waals surface area contributed by atoms with Gasteiger partial charge < -0.3 is 24.2 Å². The summed E-state index contributed by atoms with van der Waals surface area (Å²) in [4.78, 5) is 25.7. The second-order valence-corrected chi connectivity index (χ2v) is 5.55. The van der Waals surface area contributed by atoms with E-state index in [-0.39, 0.29) is 25.8 Å². The molecule has 0 aliphatic carbocycles. The van der Waals surface area contributed by atoms with Crippen molar-refractivity contribution in [1.29, 1.82) is 0 Å². The molecule has 1 aliphatic rings. The van der Waals surface area contributed by atoms with Gasteiger partial charge in [-0.2, -0.15) is 0 Å². The number of carbonyl (C=O) groups excluding carboxylic acids is 2. The number of rotatable bonds is 6. The van der Waals surface area contributed by atoms with Crippen LogP contribution in [0, 0.1) is 5.92 Å². The van der Waals surface area contributed by atoms with E-state index in [0.717, 1.165) is 0 Å². The number of aliphatic hydroxyl groups is 1. The molecule has 7 heteroatoms. The largest absolute Gasteiger partial charge is 0.469 e. The lowest BCUT2D eigenvalue weighted by Gasteiger charge is -2.26. The topological polar surface area (TPSA) is 85.3 Å². The Kier molecular flexibility index (Phi) is 5.44. The van der Waals surface area contributed by atoms with Crippen molar-refractivity contribution in [3.05, 3.63) is 23.8 Å². The molecule has 1 aromatic rings. The van der Waals surface area contributed by atoms with Gasteiger partial charge in [0, 0.05) is 18.7 Å². The first-order valence-electron chi connectivity index (χ1n) is 7.37. The minimum atomic E-state index is -0.710. The van der Waals surface area contributed by atoms with E-state index < -0.39 is 18.0 Å². The maximum atomic E-state index is 12.7. The zero-order valence-corrected chi connectivity index (χ0v) is 13.4. The van der Waals surface area contributed by atoms with Crippen molar-refractivity contribution in [1.82, 2.24) is 4.90 Å². The van der Waals surface area contributed by atoms with E-state index in [1.807, 2.05) is 0 Å². The SMILES string of the molecule is COC(=O)C(C)CN(CC(C)O)C(=O)c1ccc2c(c1)OCO2. The Morgan fingerprint density at radius 2 is 1.96 bits per heavy atom. The normalized spacial score (nSPS) is 15.0. The van der Waals surface area contributed by atoms with Gasteiger partial charge in [0.25, 0.3) is 5.91 Å². The summed E-state index contributed by atoms with van der Waals surface area (Å²) in [5.74, 6) is -0.0869. The van der Waals surface area contributed by atoms with Crippen LogP contribution in [0.5, 0.6) is 11.5 Å². The van der Waals surface area contributed by atoms with E-state index in [9.17, 15) is 14.7 Å². The molecule has 1 aliphatic heterocycles. The van der Waals surface area contributed by atoms with Crippen molar-refractivity contribution >= 4 is 11.9 Å². The molecular formula is C16H21NO6. The number of nitrogens with zero attached hydrogens (tertiary/aromatic N) is 1. The van der Waals surface area contributed by atoms with E-state index in [1.165, 1.54) is 12.0 Å². The second kappa shape index (κ2) is 7.32. The summed E-state index contributed by atoms with van der Waals surface area (Å²) in [5, 5.41) is 9.63. The summed E-state index contributed by atoms with van der Waals surface area (Å²) < 4.78 is 15.2. The molecule has 2 rings (SSSR count). The third-order valence-corrected chi connectivity index (χ3v) is 3.49. The van der Waals surface area contributed by atoms with Gasteiger partial charge in [0.1, 0.15) is 0 Å². The number of methoxy groups -OCH3 is 1. The highest BCUT2D eigenvalue weighted by Gasteiger charge is 2.25. The summed E-state index contributed by atoms with van der Waals surface area (Å²) in [5.41, 5.74) is 0.409. The van der Waals surface area contributed by atoms with E-state index in [1.54, 1.807) is 32.0 Å². The lowest BCUT2D eigenvalue weighted by molar-refractivity contribution is -0.145. The van der Waals surface area contributed by atoms with Crippen molar-refractivity contribution in [3.63, 3.8) is 0 Å². The van der Waals surface area contributed by atoms with Gasteiger partial charge in [-0.05, 0) is 25.1 Å². The van der Waals surface area contributed by atoms with E-state index >= 15 is 0 Å². The predicted molar refractivity (Wildman–Crippen MR) is 81.3 cm³/mol. The smallest absolute Gasteiger partial charge is 0.310 e. The van der Waals surface area contributed by atoms with E-state index in [4.69, 9.17) is 9.47 Å². The van der Waals surface area contributed by atoms with Crippen LogP contribution in [0.2, 0.25) is 0 Å². The van der Waals surface area contributed by atoms with Gasteiger partial charge in [-0.1, -0.05) is 6.92 Å². The van der Waals surface area contributed by atoms with Crippen LogP contribution < -0.4 is 9.47 Å². The van der Waals surface area contributed by atoms with Crippen LogP contribution in [0.25, 0.3) is 0 Å². The number of benzene rings is 1. The predicted octanol–water partition coefficient (Wildman–Crippen LogP) is 1.05. The van der Waals surface area contributed by atoms with E-state index in [0.29, 0.717) is 17.1 Å². The summed E-state index contributed by atoms with van der Waals surface area (Å²) in [6.45, 7) is 3.67. The highest BCUT2D eigenvalue weighted by atomic mass is 16.7. The van der Waals surface area contributed by atoms with Gasteiger partial charge in [0.2, 0.25) is 6.79 Å². The molecule has 0 bridgehead atoms. The summed E-state index contributed by atoms with van der Waals surface area (Å²) in [7, 11) is 1.30. The van der Waals surface area contributed by atoms with Gasteiger partial charge in [0.05, 0.1) is 19.1 Å². The van der Waals surface area contributed by atoms with Crippen LogP contribution in [0.3, 0.4) is 0 Å². The maximum absolute atomic E-state index is 12.7. The van der Waals surface area contributed by atoms with Crippen molar-refractivity contribution in [2.45, 2.75) is 20.0 Å². The van der Waals surface area contributed by atoms with Gasteiger partial charge >= 0.3 is 5.97 Å². The molecule has 1 amide bonds. The number of carbonyl (C=O) groups is 2. The molecule has 0 spiro atoms. The number of amides is 1. The molecule has 0 radical (unpaired) electrons. The first kappa shape index (κ1) is 17.1. The van der Waals surface area contributed by atoms with Crippen LogP contribution in [0.1, 0.15) is 24.2 Å². The molecule has 126 valence electrons.